The van der Waals surface area contributed by atoms with Crippen LogP contribution in [0.5, 0.6) is 0 Å². The van der Waals surface area contributed by atoms with E-state index in [1.807, 2.05) is 0 Å². The first-order valence-corrected chi connectivity index (χ1v) is 5.77. The Bertz CT molecular complexity index is 694. The van der Waals surface area contributed by atoms with Crippen LogP contribution in [0, 0.1) is 10.1 Å². The summed E-state index contributed by atoms with van der Waals surface area (Å²) >= 11 is 0. The highest BCUT2D eigenvalue weighted by molar-refractivity contribution is 5.87. The summed E-state index contributed by atoms with van der Waals surface area (Å²) in [5, 5.41) is 11.2. The Morgan fingerprint density at radius 2 is 2.14 bits per heavy atom. The molecule has 2 N–H and O–H groups in total. The van der Waals surface area contributed by atoms with Crippen molar-refractivity contribution in [2.45, 2.75) is 12.2 Å². The Hall–Kier alpha value is -2.42. The van der Waals surface area contributed by atoms with E-state index in [-0.39, 0.29) is 17.0 Å². The van der Waals surface area contributed by atoms with Crippen LogP contribution in [0.25, 0.3) is 11.0 Å². The maximum Gasteiger partial charge on any atom is 0.405 e. The molecule has 0 radical (unpaired) electrons. The van der Waals surface area contributed by atoms with Gasteiger partial charge in [-0.2, -0.15) is 13.2 Å². The summed E-state index contributed by atoms with van der Waals surface area (Å²) in [5.41, 5.74) is 5.01. The molecule has 2 rings (SSSR count). The van der Waals surface area contributed by atoms with Gasteiger partial charge in [-0.05, 0) is 12.1 Å². The van der Waals surface area contributed by atoms with Gasteiger partial charge in [0.15, 0.2) is 0 Å². The van der Waals surface area contributed by atoms with Crippen molar-refractivity contribution >= 4 is 22.9 Å². The van der Waals surface area contributed by atoms with Crippen molar-refractivity contribution in [3.63, 3.8) is 0 Å². The SMILES string of the molecule is N[C@@H](CN=Cc1cc2ccc([N+](=O)[O-])cc2o1)C(F)(F)F. The highest BCUT2D eigenvalue weighted by Crippen LogP contribution is 2.23. The molecule has 9 heteroatoms. The van der Waals surface area contributed by atoms with Crippen molar-refractivity contribution in [3.05, 3.63) is 40.1 Å². The Labute approximate surface area is 116 Å². The number of fused-ring (bicyclic) bond motifs is 1. The van der Waals surface area contributed by atoms with Gasteiger partial charge in [-0.15, -0.1) is 0 Å². The lowest BCUT2D eigenvalue weighted by Crippen LogP contribution is -2.39. The van der Waals surface area contributed by atoms with Crippen LogP contribution in [0.2, 0.25) is 0 Å². The minimum atomic E-state index is -4.51. The molecule has 1 heterocycles. The molecule has 6 nitrogen and oxygen atoms in total. The maximum atomic E-state index is 12.2. The predicted octanol–water partition coefficient (Wildman–Crippen LogP) is 2.65. The number of hydrogen-bond acceptors (Lipinski definition) is 5. The smallest absolute Gasteiger partial charge is 0.405 e. The summed E-state index contributed by atoms with van der Waals surface area (Å²) in [5.74, 6) is 0.194. The molecule has 0 unspecified atom stereocenters. The van der Waals surface area contributed by atoms with Gasteiger partial charge in [0.05, 0.1) is 23.7 Å². The van der Waals surface area contributed by atoms with Gasteiger partial charge in [0.25, 0.3) is 5.69 Å². The molecule has 0 saturated heterocycles. The van der Waals surface area contributed by atoms with Gasteiger partial charge in [0.1, 0.15) is 17.4 Å². The van der Waals surface area contributed by atoms with E-state index in [1.165, 1.54) is 24.3 Å². The Morgan fingerprint density at radius 3 is 2.76 bits per heavy atom. The molecular weight excluding hydrogens is 291 g/mol. The van der Waals surface area contributed by atoms with Crippen molar-refractivity contribution in [2.75, 3.05) is 6.54 Å². The molecular formula is C12H10F3N3O3. The molecule has 0 aliphatic carbocycles. The maximum absolute atomic E-state index is 12.2. The number of hydrogen-bond donors (Lipinski definition) is 1. The lowest BCUT2D eigenvalue weighted by molar-refractivity contribution is -0.384. The van der Waals surface area contributed by atoms with Gasteiger partial charge >= 0.3 is 6.18 Å². The summed E-state index contributed by atoms with van der Waals surface area (Å²) in [7, 11) is 0. The molecule has 21 heavy (non-hydrogen) atoms. The molecule has 0 bridgehead atoms. The average Bonchev–Trinajstić information content (AvgIpc) is 2.78. The zero-order chi connectivity index (χ0) is 15.6. The number of nitro benzene ring substituents is 1. The van der Waals surface area contributed by atoms with Gasteiger partial charge in [-0.1, -0.05) is 0 Å². The number of benzene rings is 1. The Kier molecular flexibility index (Phi) is 3.94. The van der Waals surface area contributed by atoms with Crippen LogP contribution in [0.3, 0.4) is 0 Å². The van der Waals surface area contributed by atoms with Crippen LogP contribution in [-0.2, 0) is 0 Å². The number of aliphatic imine (C=N–C) groups is 1. The van der Waals surface area contributed by atoms with E-state index in [9.17, 15) is 23.3 Å². The summed E-state index contributed by atoms with van der Waals surface area (Å²) < 4.78 is 41.8. The second-order valence-electron chi connectivity index (χ2n) is 4.27. The van der Waals surface area contributed by atoms with E-state index >= 15 is 0 Å². The third-order valence-electron chi connectivity index (χ3n) is 2.67. The first kappa shape index (κ1) is 15.0. The van der Waals surface area contributed by atoms with Gasteiger partial charge < -0.3 is 10.2 Å². The fourth-order valence-corrected chi connectivity index (χ4v) is 1.58. The fourth-order valence-electron chi connectivity index (χ4n) is 1.58. The van der Waals surface area contributed by atoms with E-state index in [1.54, 1.807) is 0 Å². The van der Waals surface area contributed by atoms with Crippen molar-refractivity contribution in [3.8, 4) is 0 Å². The van der Waals surface area contributed by atoms with Crippen LogP contribution in [0.1, 0.15) is 5.76 Å². The largest absolute Gasteiger partial charge is 0.455 e. The molecule has 2 aromatic rings. The average molecular weight is 301 g/mol. The molecule has 0 spiro atoms. The van der Waals surface area contributed by atoms with Gasteiger partial charge in [0.2, 0.25) is 0 Å². The topological polar surface area (TPSA) is 94.7 Å². The highest BCUT2D eigenvalue weighted by atomic mass is 19.4. The summed E-state index contributed by atoms with van der Waals surface area (Å²) in [6, 6.07) is 3.49. The van der Waals surface area contributed by atoms with E-state index in [0.717, 1.165) is 6.21 Å². The van der Waals surface area contributed by atoms with E-state index in [0.29, 0.717) is 5.39 Å². The van der Waals surface area contributed by atoms with Crippen molar-refractivity contribution < 1.29 is 22.5 Å². The second kappa shape index (κ2) is 5.52. The molecule has 0 aliphatic rings. The molecule has 0 amide bonds. The quantitative estimate of drug-likeness (QED) is 0.533. The number of nitrogens with zero attached hydrogens (tertiary/aromatic N) is 2. The van der Waals surface area contributed by atoms with Crippen LogP contribution < -0.4 is 5.73 Å². The minimum Gasteiger partial charge on any atom is -0.455 e. The lowest BCUT2D eigenvalue weighted by atomic mass is 10.2. The Balaban J connectivity index is 2.14. The monoisotopic (exact) mass is 301 g/mol. The predicted molar refractivity (Wildman–Crippen MR) is 69.4 cm³/mol. The van der Waals surface area contributed by atoms with Gasteiger partial charge in [0, 0.05) is 11.5 Å². The zero-order valence-corrected chi connectivity index (χ0v) is 10.5. The summed E-state index contributed by atoms with van der Waals surface area (Å²) in [4.78, 5) is 13.6. The number of nitro groups is 1. The Morgan fingerprint density at radius 1 is 1.43 bits per heavy atom. The van der Waals surface area contributed by atoms with Crippen LogP contribution in [0.15, 0.2) is 33.7 Å². The van der Waals surface area contributed by atoms with E-state index in [4.69, 9.17) is 10.2 Å². The lowest BCUT2D eigenvalue weighted by Gasteiger charge is -2.12. The van der Waals surface area contributed by atoms with Crippen LogP contribution in [0.4, 0.5) is 18.9 Å². The normalized spacial score (nSPS) is 13.9. The fraction of sp³-hybridized carbons (Fsp3) is 0.250. The van der Waals surface area contributed by atoms with Gasteiger partial charge in [-0.25, -0.2) is 0 Å². The number of alkyl halides is 3. The number of non-ortho nitro benzene ring substituents is 1. The summed E-state index contributed by atoms with van der Waals surface area (Å²) in [6.45, 7) is -0.624. The van der Waals surface area contributed by atoms with E-state index < -0.39 is 23.7 Å². The third-order valence-corrected chi connectivity index (χ3v) is 2.67. The van der Waals surface area contributed by atoms with Crippen LogP contribution >= 0.6 is 0 Å². The standard InChI is InChI=1S/C12H10F3N3O3/c13-12(14,15)11(16)6-17-5-9-3-7-1-2-8(18(19)20)4-10(7)21-9/h1-5,11H,6,16H2/t11-/m0/s1. The molecule has 112 valence electrons. The minimum absolute atomic E-state index is 0.139. The van der Waals surface area contributed by atoms with Gasteiger partial charge in [-0.3, -0.25) is 15.1 Å². The number of rotatable bonds is 4. The van der Waals surface area contributed by atoms with Crippen molar-refractivity contribution in [1.82, 2.24) is 0 Å². The third kappa shape index (κ3) is 3.57. The first-order chi connectivity index (χ1) is 9.77. The molecule has 0 fully saturated rings. The van der Waals surface area contributed by atoms with Crippen molar-refractivity contribution in [2.24, 2.45) is 10.7 Å². The molecule has 0 aliphatic heterocycles. The highest BCUT2D eigenvalue weighted by Gasteiger charge is 2.36. The second-order valence-corrected chi connectivity index (χ2v) is 4.27. The van der Waals surface area contributed by atoms with Crippen LogP contribution in [-0.4, -0.2) is 29.9 Å². The molecule has 1 aromatic heterocycles. The zero-order valence-electron chi connectivity index (χ0n) is 10.5. The summed E-state index contributed by atoms with van der Waals surface area (Å²) in [6.07, 6.45) is -3.40. The molecule has 1 aromatic carbocycles. The molecule has 1 atom stereocenters. The number of furan rings is 1. The number of halogens is 3. The first-order valence-electron chi connectivity index (χ1n) is 5.77. The van der Waals surface area contributed by atoms with E-state index in [2.05, 4.69) is 4.99 Å². The van der Waals surface area contributed by atoms with Crippen molar-refractivity contribution in [1.29, 1.82) is 0 Å². The molecule has 0 saturated carbocycles. The number of nitrogens with two attached hydrogens (primary N) is 1.